The normalized spacial score (nSPS) is 11.1. The van der Waals surface area contributed by atoms with Gasteiger partial charge in [0, 0.05) is 29.4 Å². The number of rotatable bonds is 8. The summed E-state index contributed by atoms with van der Waals surface area (Å²) in [6.45, 7) is 3.62. The SMILES string of the molecule is CCCS(=O)(=O)Nc1cc(Nc2cc(-c3cccc([N+](=O)[O-])c3)ncn2)ccc1C. The largest absolute Gasteiger partial charge is 0.340 e. The van der Waals surface area contributed by atoms with Gasteiger partial charge in [-0.05, 0) is 31.0 Å². The van der Waals surface area contributed by atoms with Gasteiger partial charge in [0.15, 0.2) is 0 Å². The number of aromatic nitrogens is 2. The van der Waals surface area contributed by atoms with E-state index in [1.165, 1.54) is 18.5 Å². The van der Waals surface area contributed by atoms with Crippen molar-refractivity contribution in [3.8, 4) is 11.3 Å². The van der Waals surface area contributed by atoms with E-state index in [1.54, 1.807) is 37.3 Å². The topological polar surface area (TPSA) is 127 Å². The summed E-state index contributed by atoms with van der Waals surface area (Å²) >= 11 is 0. The number of nitrogens with one attached hydrogen (secondary N) is 2. The summed E-state index contributed by atoms with van der Waals surface area (Å²) in [5.74, 6) is 0.514. The number of aryl methyl sites for hydroxylation is 1. The highest BCUT2D eigenvalue weighted by molar-refractivity contribution is 7.92. The lowest BCUT2D eigenvalue weighted by Gasteiger charge is -2.13. The average molecular weight is 427 g/mol. The third kappa shape index (κ3) is 5.29. The van der Waals surface area contributed by atoms with Gasteiger partial charge in [0.05, 0.1) is 22.1 Å². The molecular weight excluding hydrogens is 406 g/mol. The minimum atomic E-state index is -3.41. The summed E-state index contributed by atoms with van der Waals surface area (Å²) in [7, 11) is -3.41. The van der Waals surface area contributed by atoms with Gasteiger partial charge in [-0.2, -0.15) is 0 Å². The van der Waals surface area contributed by atoms with Gasteiger partial charge in [0.1, 0.15) is 12.1 Å². The molecule has 1 aromatic heterocycles. The molecule has 0 atom stereocenters. The third-order valence-corrected chi connectivity index (χ3v) is 5.74. The molecule has 0 saturated carbocycles. The Balaban J connectivity index is 1.85. The summed E-state index contributed by atoms with van der Waals surface area (Å²) in [5, 5.41) is 14.1. The molecule has 0 saturated heterocycles. The van der Waals surface area contributed by atoms with E-state index in [2.05, 4.69) is 20.0 Å². The smallest absolute Gasteiger partial charge is 0.270 e. The van der Waals surface area contributed by atoms with Crippen molar-refractivity contribution in [2.45, 2.75) is 20.3 Å². The first-order chi connectivity index (χ1) is 14.3. The van der Waals surface area contributed by atoms with E-state index >= 15 is 0 Å². The van der Waals surface area contributed by atoms with Crippen LogP contribution < -0.4 is 10.0 Å². The maximum absolute atomic E-state index is 12.1. The van der Waals surface area contributed by atoms with E-state index in [0.717, 1.165) is 5.56 Å². The number of anilines is 3. The number of hydrogen-bond acceptors (Lipinski definition) is 7. The van der Waals surface area contributed by atoms with Gasteiger partial charge in [-0.3, -0.25) is 14.8 Å². The molecule has 2 N–H and O–H groups in total. The van der Waals surface area contributed by atoms with Crippen LogP contribution in [0.1, 0.15) is 18.9 Å². The number of nitro groups is 1. The summed E-state index contributed by atoms with van der Waals surface area (Å²) in [6.07, 6.45) is 1.88. The predicted octanol–water partition coefficient (Wildman–Crippen LogP) is 4.26. The van der Waals surface area contributed by atoms with Crippen molar-refractivity contribution in [1.29, 1.82) is 0 Å². The van der Waals surface area contributed by atoms with Crippen LogP contribution >= 0.6 is 0 Å². The molecule has 156 valence electrons. The molecule has 0 bridgehead atoms. The fourth-order valence-electron chi connectivity index (χ4n) is 2.81. The first kappa shape index (κ1) is 21.2. The molecule has 0 aliphatic carbocycles. The van der Waals surface area contributed by atoms with Crippen LogP contribution in [0, 0.1) is 17.0 Å². The highest BCUT2D eigenvalue weighted by atomic mass is 32.2. The number of sulfonamides is 1. The van der Waals surface area contributed by atoms with Crippen LogP contribution in [-0.2, 0) is 10.0 Å². The van der Waals surface area contributed by atoms with Gasteiger partial charge in [-0.25, -0.2) is 18.4 Å². The molecule has 0 aliphatic rings. The average Bonchev–Trinajstić information content (AvgIpc) is 2.70. The Kier molecular flexibility index (Phi) is 6.26. The summed E-state index contributed by atoms with van der Waals surface area (Å²) in [6, 6.07) is 13.1. The molecule has 30 heavy (non-hydrogen) atoms. The van der Waals surface area contributed by atoms with E-state index in [4.69, 9.17) is 0 Å². The van der Waals surface area contributed by atoms with Gasteiger partial charge < -0.3 is 5.32 Å². The van der Waals surface area contributed by atoms with Gasteiger partial charge in [-0.15, -0.1) is 0 Å². The van der Waals surface area contributed by atoms with Crippen LogP contribution in [0.15, 0.2) is 54.9 Å². The molecule has 0 spiro atoms. The van der Waals surface area contributed by atoms with Crippen molar-refractivity contribution in [3.63, 3.8) is 0 Å². The van der Waals surface area contributed by atoms with Crippen molar-refractivity contribution in [2.24, 2.45) is 0 Å². The Morgan fingerprint density at radius 1 is 1.10 bits per heavy atom. The van der Waals surface area contributed by atoms with Gasteiger partial charge in [0.2, 0.25) is 10.0 Å². The van der Waals surface area contributed by atoms with Crippen LogP contribution in [0.4, 0.5) is 22.9 Å². The third-order valence-electron chi connectivity index (χ3n) is 4.27. The minimum absolute atomic E-state index is 0.0249. The fraction of sp³-hybridized carbons (Fsp3) is 0.200. The Labute approximate surface area is 174 Å². The van der Waals surface area contributed by atoms with E-state index in [1.807, 2.05) is 13.0 Å². The summed E-state index contributed by atoms with van der Waals surface area (Å²) in [4.78, 5) is 18.9. The monoisotopic (exact) mass is 427 g/mol. The zero-order valence-electron chi connectivity index (χ0n) is 16.5. The molecule has 0 amide bonds. The maximum atomic E-state index is 12.1. The first-order valence-electron chi connectivity index (χ1n) is 9.22. The van der Waals surface area contributed by atoms with Crippen molar-refractivity contribution in [1.82, 2.24) is 9.97 Å². The number of nitro benzene ring substituents is 1. The molecule has 3 rings (SSSR count). The van der Waals surface area contributed by atoms with Crippen molar-refractivity contribution >= 4 is 32.9 Å². The molecule has 1 heterocycles. The van der Waals surface area contributed by atoms with E-state index < -0.39 is 14.9 Å². The Morgan fingerprint density at radius 3 is 2.63 bits per heavy atom. The molecular formula is C20H21N5O4S. The highest BCUT2D eigenvalue weighted by Crippen LogP contribution is 2.26. The Morgan fingerprint density at radius 2 is 1.90 bits per heavy atom. The van der Waals surface area contributed by atoms with Crippen LogP contribution in [0.3, 0.4) is 0 Å². The van der Waals surface area contributed by atoms with Crippen LogP contribution in [-0.4, -0.2) is 29.1 Å². The zero-order chi connectivity index (χ0) is 21.7. The first-order valence-corrected chi connectivity index (χ1v) is 10.9. The second-order valence-corrected chi connectivity index (χ2v) is 8.51. The number of non-ortho nitro benzene ring substituents is 1. The van der Waals surface area contributed by atoms with E-state index in [9.17, 15) is 18.5 Å². The zero-order valence-corrected chi connectivity index (χ0v) is 17.3. The molecule has 2 aromatic carbocycles. The lowest BCUT2D eigenvalue weighted by molar-refractivity contribution is -0.384. The summed E-state index contributed by atoms with van der Waals surface area (Å²) in [5.41, 5.74) is 3.00. The molecule has 0 aliphatic heterocycles. The number of hydrogen-bond donors (Lipinski definition) is 2. The summed E-state index contributed by atoms with van der Waals surface area (Å²) < 4.78 is 26.8. The Bertz CT molecular complexity index is 1180. The molecule has 0 radical (unpaired) electrons. The van der Waals surface area contributed by atoms with Crippen molar-refractivity contribution < 1.29 is 13.3 Å². The van der Waals surface area contributed by atoms with Gasteiger partial charge >= 0.3 is 0 Å². The molecule has 3 aromatic rings. The lowest BCUT2D eigenvalue weighted by atomic mass is 10.1. The predicted molar refractivity (Wildman–Crippen MR) is 116 cm³/mol. The van der Waals surface area contributed by atoms with E-state index in [-0.39, 0.29) is 11.4 Å². The number of benzene rings is 2. The molecule has 10 heteroatoms. The van der Waals surface area contributed by atoms with Crippen molar-refractivity contribution in [3.05, 3.63) is 70.5 Å². The lowest BCUT2D eigenvalue weighted by Crippen LogP contribution is -2.16. The molecule has 9 nitrogen and oxygen atoms in total. The quantitative estimate of drug-likeness (QED) is 0.406. The Hall–Kier alpha value is -3.53. The van der Waals surface area contributed by atoms with Crippen LogP contribution in [0.25, 0.3) is 11.3 Å². The molecule has 0 unspecified atom stereocenters. The van der Waals surface area contributed by atoms with Crippen molar-refractivity contribution in [2.75, 3.05) is 15.8 Å². The second-order valence-electron chi connectivity index (χ2n) is 6.67. The van der Waals surface area contributed by atoms with Crippen LogP contribution in [0.5, 0.6) is 0 Å². The van der Waals surface area contributed by atoms with Gasteiger partial charge in [-0.1, -0.05) is 25.1 Å². The maximum Gasteiger partial charge on any atom is 0.270 e. The van der Waals surface area contributed by atoms with Crippen LogP contribution in [0.2, 0.25) is 0 Å². The fourth-order valence-corrected chi connectivity index (χ4v) is 4.00. The highest BCUT2D eigenvalue weighted by Gasteiger charge is 2.12. The standard InChI is InChI=1S/C20H21N5O4S/c1-3-9-30(28,29)24-18-11-16(8-7-14(18)2)23-20-12-19(21-13-22-20)15-5-4-6-17(10-15)25(26)27/h4-8,10-13,24H,3,9H2,1-2H3,(H,21,22,23). The van der Waals surface area contributed by atoms with E-state index in [0.29, 0.717) is 34.9 Å². The van der Waals surface area contributed by atoms with Gasteiger partial charge in [0.25, 0.3) is 5.69 Å². The number of nitrogens with zero attached hydrogens (tertiary/aromatic N) is 3. The molecule has 0 fully saturated rings. The second kappa shape index (κ2) is 8.87. The minimum Gasteiger partial charge on any atom is -0.340 e.